The standard InChI is InChI=1S/C31H37N3O5Si.C28H41N3O5.C25H33N3O5Si.C21H33N3O5Si/c1-21-24-17-18-26(34(24)33-20-32-21)31(35)28-27(38-30(5,6)39-28)25(37-31)19-36-40(29(2,3)4,22-13-9-7-10-14-22)23-15-11-8-12-16-23;1-19(2)11-14-33-17-24-26(34-15-12-20(3)4)27(8,35-16-13-21(5)6)28(32,36-24)25-10-9-23-22(7)29-18-30-31(23)25;1-16-18-12-13-20(28(18)27-15-26-16)25(29)22-21(31-23(32-22)17-10-8-7-9-11-17)19(33-25)14-30-34(5,6)24(2,3)4;1-13-14-9-10-16(24(14)23-12-22-13)21(25)18-17(28-20(5,6)29-18)15(27-21)11-26-30(7,8)19(2,3)4/h7-18,20,25,27-28,35H,19H2,1-6H3;9-13,18,24,26,32H,14-17H2,1-8H3;7-13,15,19,21-23,29H,14H2,1-6H3;9-10,12,15,17-18,25H,11H2,1-8H3/t25-,27-,28-,31?;24-,26-,27-,28?;19-,21-,22-,23?,25?;15-,17-,18-,21?/m1111/s1. The summed E-state index contributed by atoms with van der Waals surface area (Å²) >= 11 is 0. The van der Waals surface area contributed by atoms with Gasteiger partial charge in [-0.3, -0.25) is 0 Å². The molecule has 0 aliphatic carbocycles. The lowest BCUT2D eigenvalue weighted by atomic mass is 9.87. The number of fused-ring (bicyclic) bond motifs is 7. The molecule has 3 aromatic carbocycles. The van der Waals surface area contributed by atoms with Gasteiger partial charge in [0.05, 0.1) is 91.1 Å². The van der Waals surface area contributed by atoms with Gasteiger partial charge in [0.1, 0.15) is 115 Å². The summed E-state index contributed by atoms with van der Waals surface area (Å²) < 4.78 is 109. The van der Waals surface area contributed by atoms with Gasteiger partial charge < -0.3 is 95.3 Å². The van der Waals surface area contributed by atoms with Gasteiger partial charge in [-0.25, -0.2) is 38.0 Å². The number of ether oxygens (including phenoxy) is 13. The Morgan fingerprint density at radius 1 is 0.386 bits per heavy atom. The van der Waals surface area contributed by atoms with Crippen molar-refractivity contribution >= 4 is 57.4 Å². The summed E-state index contributed by atoms with van der Waals surface area (Å²) in [6, 6.07) is 45.4. The average Bonchev–Trinajstić information content (AvgIpc) is 1.57. The highest BCUT2D eigenvalue weighted by Crippen LogP contribution is 2.55. The second-order valence-corrected chi connectivity index (χ2v) is 57.3. The van der Waals surface area contributed by atoms with Crippen molar-refractivity contribution < 1.29 is 95.3 Å². The van der Waals surface area contributed by atoms with Crippen molar-refractivity contribution in [1.29, 1.82) is 0 Å². The first-order valence-corrected chi connectivity index (χ1v) is 56.1. The van der Waals surface area contributed by atoms with Crippen LogP contribution in [0.5, 0.6) is 0 Å². The Balaban J connectivity index is 0.000000142. The predicted molar refractivity (Wildman–Crippen MR) is 536 cm³/mol. The van der Waals surface area contributed by atoms with E-state index < -0.39 is 139 Å². The summed E-state index contributed by atoms with van der Waals surface area (Å²) in [5.74, 6) is -8.88. The number of aliphatic hydroxyl groups is 4. The molecule has 15 heterocycles. The SMILES string of the molecule is CC(C)=CCOC[C@H]1OC(O)(c2ccc3c(C)ncnn23)[C@](C)(OCC=C(C)C)[C@@H]1OCC=C(C)C.Cc1ncnn2c(C3(O)O[C@H](CO[Si](C)(C)C(C)(C)C)[C@H]4OC(C)(C)O[C@H]43)ccc12.Cc1ncnn2c(C3(O)O[C@H](CO[Si](C)(C)C(C)(C)C)[C@H]4OC(c5ccccc5)O[C@H]43)ccc12.Cc1ncnn2c(C3(O)O[C@H](CO[Si](c4ccccc4)(c4ccccc4)C(C)(C)C)[C@H]4OC(C)(C)O[C@H]43)ccc12. The molecule has 0 radical (unpaired) electrons. The molecule has 7 saturated heterocycles. The van der Waals surface area contributed by atoms with Gasteiger partial charge in [-0.2, -0.15) is 20.4 Å². The first-order chi connectivity index (χ1) is 65.7. The van der Waals surface area contributed by atoms with Crippen LogP contribution in [0.3, 0.4) is 0 Å². The normalized spacial score (nSPS) is 28.1. The Kier molecular flexibility index (Phi) is 30.4. The van der Waals surface area contributed by atoms with Crippen LogP contribution in [0.1, 0.15) is 196 Å². The van der Waals surface area contributed by atoms with E-state index >= 15 is 0 Å². The third kappa shape index (κ3) is 20.6. The maximum absolute atomic E-state index is 12.3. The van der Waals surface area contributed by atoms with E-state index in [4.69, 9.17) is 74.9 Å². The van der Waals surface area contributed by atoms with Crippen molar-refractivity contribution in [1.82, 2.24) is 58.4 Å². The van der Waals surface area contributed by atoms with Gasteiger partial charge in [0, 0.05) is 5.56 Å². The third-order valence-electron chi connectivity index (χ3n) is 28.6. The fourth-order valence-electron chi connectivity index (χ4n) is 18.9. The molecule has 32 nitrogen and oxygen atoms in total. The van der Waals surface area contributed by atoms with Crippen LogP contribution >= 0.6 is 0 Å². The van der Waals surface area contributed by atoms with Crippen LogP contribution < -0.4 is 10.4 Å². The quantitative estimate of drug-likeness (QED) is 0.0222. The minimum Gasteiger partial charge on any atom is -0.414 e. The molecule has 7 aliphatic rings. The maximum Gasteiger partial charge on any atom is 0.261 e. The Morgan fingerprint density at radius 3 is 1.14 bits per heavy atom. The highest BCUT2D eigenvalue weighted by Gasteiger charge is 2.70. The van der Waals surface area contributed by atoms with E-state index in [1.807, 2.05) is 201 Å². The predicted octanol–water partition coefficient (Wildman–Crippen LogP) is 15.5. The molecule has 140 heavy (non-hydrogen) atoms. The average molecular weight is 1980 g/mol. The molecule has 7 aliphatic heterocycles. The van der Waals surface area contributed by atoms with Crippen molar-refractivity contribution in [3.05, 3.63) is 251 Å². The summed E-state index contributed by atoms with van der Waals surface area (Å²) in [6.07, 6.45) is 4.74. The van der Waals surface area contributed by atoms with E-state index in [9.17, 15) is 20.4 Å². The molecule has 0 amide bonds. The number of aryl methyl sites for hydroxylation is 4. The molecule has 8 aromatic heterocycles. The topological polar surface area (TPSA) is 349 Å². The Hall–Kier alpha value is -8.79. The van der Waals surface area contributed by atoms with Crippen LogP contribution in [0.2, 0.25) is 41.3 Å². The van der Waals surface area contributed by atoms with Gasteiger partial charge in [0.2, 0.25) is 23.1 Å². The van der Waals surface area contributed by atoms with Gasteiger partial charge in [-0.1, -0.05) is 188 Å². The molecule has 11 aromatic rings. The number of rotatable bonds is 26. The van der Waals surface area contributed by atoms with Gasteiger partial charge in [-0.15, -0.1) is 0 Å². The van der Waals surface area contributed by atoms with Crippen molar-refractivity contribution in [3.8, 4) is 0 Å². The van der Waals surface area contributed by atoms with Crippen LogP contribution in [-0.2, 0) is 98.0 Å². The lowest BCUT2D eigenvalue weighted by Gasteiger charge is -2.43. The molecule has 5 unspecified atom stereocenters. The number of aromatic nitrogens is 12. The Morgan fingerprint density at radius 2 is 0.743 bits per heavy atom. The van der Waals surface area contributed by atoms with E-state index in [0.29, 0.717) is 49.2 Å². The highest BCUT2D eigenvalue weighted by atomic mass is 28.4. The van der Waals surface area contributed by atoms with E-state index in [0.717, 1.165) is 61.6 Å². The molecule has 4 N–H and O–H groups in total. The second kappa shape index (κ2) is 40.3. The van der Waals surface area contributed by atoms with Crippen molar-refractivity contribution in [2.24, 2.45) is 0 Å². The molecular formula is C105H144N12O20Si3. The van der Waals surface area contributed by atoms with Crippen molar-refractivity contribution in [2.75, 3.05) is 46.2 Å². The summed E-state index contributed by atoms with van der Waals surface area (Å²) in [5.41, 5.74) is 11.3. The molecule has 756 valence electrons. The van der Waals surface area contributed by atoms with Crippen LogP contribution in [0, 0.1) is 27.7 Å². The number of hydrogen-bond donors (Lipinski definition) is 4. The fourth-order valence-corrected chi connectivity index (χ4v) is 25.5. The monoisotopic (exact) mass is 1980 g/mol. The van der Waals surface area contributed by atoms with E-state index in [-0.39, 0.29) is 34.9 Å². The zero-order chi connectivity index (χ0) is 101. The Labute approximate surface area is 824 Å². The van der Waals surface area contributed by atoms with Gasteiger partial charge >= 0.3 is 0 Å². The molecule has 0 spiro atoms. The fraction of sp³-hybridized carbons (Fsp3) is 0.543. The molecule has 35 heteroatoms. The minimum absolute atomic E-state index is 0.0487. The second-order valence-electron chi connectivity index (χ2n) is 43.4. The molecule has 7 fully saturated rings. The lowest BCUT2D eigenvalue weighted by Crippen LogP contribution is -2.67. The van der Waals surface area contributed by atoms with E-state index in [2.05, 4.69) is 177 Å². The van der Waals surface area contributed by atoms with Crippen molar-refractivity contribution in [3.63, 3.8) is 0 Å². The lowest BCUT2D eigenvalue weighted by molar-refractivity contribution is -0.288. The van der Waals surface area contributed by atoms with Crippen LogP contribution in [0.15, 0.2) is 200 Å². The van der Waals surface area contributed by atoms with Crippen LogP contribution in [0.4, 0.5) is 0 Å². The summed E-state index contributed by atoms with van der Waals surface area (Å²) in [4.78, 5) is 17.0. The van der Waals surface area contributed by atoms with Crippen LogP contribution in [0.25, 0.3) is 22.1 Å². The number of benzene rings is 3. The van der Waals surface area contributed by atoms with Crippen LogP contribution in [-0.4, -0.2) is 234 Å². The number of allylic oxidation sites excluding steroid dienone is 3. The minimum atomic E-state index is -2.84. The van der Waals surface area contributed by atoms with E-state index in [1.165, 1.54) is 41.3 Å². The first kappa shape index (κ1) is 106. The number of hydrogen-bond acceptors (Lipinski definition) is 28. The summed E-state index contributed by atoms with van der Waals surface area (Å²) in [7, 11) is -6.89. The smallest absolute Gasteiger partial charge is 0.261 e. The number of nitrogens with zero attached hydrogens (tertiary/aromatic N) is 12. The van der Waals surface area contributed by atoms with Gasteiger partial charge in [0.15, 0.2) is 40.1 Å². The van der Waals surface area contributed by atoms with Gasteiger partial charge in [0.25, 0.3) is 8.32 Å². The highest BCUT2D eigenvalue weighted by molar-refractivity contribution is 6.99. The molecule has 0 saturated carbocycles. The largest absolute Gasteiger partial charge is 0.414 e. The molecule has 18 rings (SSSR count). The molecular weight excluding hydrogens is 1830 g/mol. The summed E-state index contributed by atoms with van der Waals surface area (Å²) in [6.45, 7) is 59.8. The molecule has 0 bridgehead atoms. The van der Waals surface area contributed by atoms with Crippen molar-refractivity contribution in [2.45, 2.75) is 321 Å². The van der Waals surface area contributed by atoms with Gasteiger partial charge in [-0.05, 0) is 204 Å². The zero-order valence-electron chi connectivity index (χ0n) is 86.4. The zero-order valence-corrected chi connectivity index (χ0v) is 89.4. The van der Waals surface area contributed by atoms with E-state index in [1.54, 1.807) is 30.2 Å². The first-order valence-electron chi connectivity index (χ1n) is 48.4. The molecule has 17 atom stereocenters. The maximum atomic E-state index is 12.3. The summed E-state index contributed by atoms with van der Waals surface area (Å²) in [5, 5.41) is 68.0. The Bertz CT molecular complexity index is 6210. The third-order valence-corrected chi connectivity index (χ3v) is 42.6.